The van der Waals surface area contributed by atoms with Gasteiger partial charge in [-0.05, 0) is 24.3 Å². The average molecular weight is 265 g/mol. The summed E-state index contributed by atoms with van der Waals surface area (Å²) in [5.41, 5.74) is 1.02. The van der Waals surface area contributed by atoms with Crippen LogP contribution < -0.4 is 5.32 Å². The van der Waals surface area contributed by atoms with Gasteiger partial charge < -0.3 is 15.5 Å². The SMILES string of the molecule is CCC(NCC(O)CC(C)(C)C)c1ccccc1O. The van der Waals surface area contributed by atoms with Crippen molar-refractivity contribution in [1.82, 2.24) is 5.32 Å². The molecule has 0 saturated carbocycles. The summed E-state index contributed by atoms with van der Waals surface area (Å²) in [4.78, 5) is 0. The minimum absolute atomic E-state index is 0.0795. The first-order valence-electron chi connectivity index (χ1n) is 7.03. The number of nitrogens with one attached hydrogen (secondary N) is 1. The molecule has 0 aliphatic rings. The van der Waals surface area contributed by atoms with Gasteiger partial charge in [-0.25, -0.2) is 0 Å². The molecule has 3 N–H and O–H groups in total. The second kappa shape index (κ2) is 6.92. The lowest BCUT2D eigenvalue weighted by atomic mass is 9.89. The fourth-order valence-corrected chi connectivity index (χ4v) is 2.31. The highest BCUT2D eigenvalue weighted by atomic mass is 16.3. The van der Waals surface area contributed by atoms with Gasteiger partial charge in [-0.3, -0.25) is 0 Å². The van der Waals surface area contributed by atoms with Crippen molar-refractivity contribution >= 4 is 0 Å². The zero-order valence-corrected chi connectivity index (χ0v) is 12.5. The highest BCUT2D eigenvalue weighted by Crippen LogP contribution is 2.26. The van der Waals surface area contributed by atoms with Gasteiger partial charge >= 0.3 is 0 Å². The number of para-hydroxylation sites is 1. The minimum atomic E-state index is -0.361. The summed E-state index contributed by atoms with van der Waals surface area (Å²) in [6.07, 6.45) is 1.27. The largest absolute Gasteiger partial charge is 0.508 e. The summed E-state index contributed by atoms with van der Waals surface area (Å²) in [6, 6.07) is 7.44. The van der Waals surface area contributed by atoms with E-state index in [2.05, 4.69) is 33.0 Å². The third-order valence-electron chi connectivity index (χ3n) is 3.17. The third kappa shape index (κ3) is 5.62. The molecule has 0 aromatic heterocycles. The van der Waals surface area contributed by atoms with E-state index in [4.69, 9.17) is 0 Å². The van der Waals surface area contributed by atoms with Crippen LogP contribution in [0.25, 0.3) is 0 Å². The summed E-state index contributed by atoms with van der Waals surface area (Å²) < 4.78 is 0. The molecule has 1 aromatic rings. The van der Waals surface area contributed by atoms with E-state index >= 15 is 0 Å². The van der Waals surface area contributed by atoms with Crippen molar-refractivity contribution in [3.63, 3.8) is 0 Å². The third-order valence-corrected chi connectivity index (χ3v) is 3.17. The Balaban J connectivity index is 2.57. The molecule has 3 nitrogen and oxygen atoms in total. The van der Waals surface area contributed by atoms with Gasteiger partial charge in [0.05, 0.1) is 6.10 Å². The van der Waals surface area contributed by atoms with E-state index in [9.17, 15) is 10.2 Å². The van der Waals surface area contributed by atoms with Gasteiger partial charge in [-0.15, -0.1) is 0 Å². The molecule has 0 spiro atoms. The van der Waals surface area contributed by atoms with Crippen molar-refractivity contribution in [2.24, 2.45) is 5.41 Å². The first kappa shape index (κ1) is 16.0. The summed E-state index contributed by atoms with van der Waals surface area (Å²) in [6.45, 7) is 8.98. The maximum absolute atomic E-state index is 10.0. The van der Waals surface area contributed by atoms with Crippen LogP contribution in [0.2, 0.25) is 0 Å². The molecule has 108 valence electrons. The second-order valence-electron chi connectivity index (χ2n) is 6.35. The van der Waals surface area contributed by atoms with Gasteiger partial charge in [0.15, 0.2) is 0 Å². The first-order valence-corrected chi connectivity index (χ1v) is 7.03. The minimum Gasteiger partial charge on any atom is -0.508 e. The maximum atomic E-state index is 10.0. The van der Waals surface area contributed by atoms with Crippen LogP contribution >= 0.6 is 0 Å². The number of hydrogen-bond acceptors (Lipinski definition) is 3. The van der Waals surface area contributed by atoms with E-state index in [1.165, 1.54) is 0 Å². The van der Waals surface area contributed by atoms with Crippen molar-refractivity contribution < 1.29 is 10.2 Å². The molecule has 0 saturated heterocycles. The molecule has 1 rings (SSSR count). The van der Waals surface area contributed by atoms with Crippen LogP contribution in [0.3, 0.4) is 0 Å². The Labute approximate surface area is 116 Å². The topological polar surface area (TPSA) is 52.5 Å². The smallest absolute Gasteiger partial charge is 0.120 e. The number of aromatic hydroxyl groups is 1. The number of aliphatic hydroxyl groups excluding tert-OH is 1. The van der Waals surface area contributed by atoms with Gasteiger partial charge in [-0.2, -0.15) is 0 Å². The summed E-state index contributed by atoms with van der Waals surface area (Å²) >= 11 is 0. The molecular formula is C16H27NO2. The lowest BCUT2D eigenvalue weighted by Gasteiger charge is -2.25. The van der Waals surface area contributed by atoms with Crippen LogP contribution in [-0.4, -0.2) is 22.9 Å². The number of hydrogen-bond donors (Lipinski definition) is 3. The molecular weight excluding hydrogens is 238 g/mol. The van der Waals surface area contributed by atoms with Crippen LogP contribution in [0.15, 0.2) is 24.3 Å². The van der Waals surface area contributed by atoms with Crippen molar-refractivity contribution in [2.75, 3.05) is 6.54 Å². The van der Waals surface area contributed by atoms with Crippen LogP contribution in [0, 0.1) is 5.41 Å². The van der Waals surface area contributed by atoms with Crippen LogP contribution in [0.1, 0.15) is 52.1 Å². The predicted octanol–water partition coefficient (Wildman–Crippen LogP) is 3.23. The Bertz CT molecular complexity index is 385. The van der Waals surface area contributed by atoms with Crippen molar-refractivity contribution in [2.45, 2.75) is 52.7 Å². The first-order chi connectivity index (χ1) is 8.83. The lowest BCUT2D eigenvalue weighted by molar-refractivity contribution is 0.116. The molecule has 19 heavy (non-hydrogen) atoms. The van der Waals surface area contributed by atoms with E-state index in [0.717, 1.165) is 18.4 Å². The molecule has 2 unspecified atom stereocenters. The van der Waals surface area contributed by atoms with E-state index < -0.39 is 0 Å². The van der Waals surface area contributed by atoms with E-state index in [0.29, 0.717) is 12.3 Å². The predicted molar refractivity (Wildman–Crippen MR) is 79.2 cm³/mol. The fraction of sp³-hybridized carbons (Fsp3) is 0.625. The van der Waals surface area contributed by atoms with Crippen molar-refractivity contribution in [3.05, 3.63) is 29.8 Å². The van der Waals surface area contributed by atoms with Crippen LogP contribution in [-0.2, 0) is 0 Å². The normalized spacial score (nSPS) is 15.2. The zero-order chi connectivity index (χ0) is 14.5. The standard InChI is InChI=1S/C16H27NO2/c1-5-14(13-8-6-7-9-15(13)19)17-11-12(18)10-16(2,3)4/h6-9,12,14,17-19H,5,10-11H2,1-4H3. The Hall–Kier alpha value is -1.06. The Morgan fingerprint density at radius 3 is 2.37 bits per heavy atom. The zero-order valence-electron chi connectivity index (χ0n) is 12.5. The monoisotopic (exact) mass is 265 g/mol. The highest BCUT2D eigenvalue weighted by molar-refractivity contribution is 5.34. The number of benzene rings is 1. The molecule has 0 heterocycles. The van der Waals surface area contributed by atoms with Crippen LogP contribution in [0.4, 0.5) is 0 Å². The second-order valence-corrected chi connectivity index (χ2v) is 6.35. The fourth-order valence-electron chi connectivity index (χ4n) is 2.31. The molecule has 0 aliphatic carbocycles. The van der Waals surface area contributed by atoms with Crippen LogP contribution in [0.5, 0.6) is 5.75 Å². The van der Waals surface area contributed by atoms with Gasteiger partial charge in [0.2, 0.25) is 0 Å². The maximum Gasteiger partial charge on any atom is 0.120 e. The number of aliphatic hydroxyl groups is 1. The quantitative estimate of drug-likeness (QED) is 0.740. The average Bonchev–Trinajstić information content (AvgIpc) is 2.29. The van der Waals surface area contributed by atoms with Gasteiger partial charge in [0, 0.05) is 18.2 Å². The molecule has 2 atom stereocenters. The number of phenolic OH excluding ortho intramolecular Hbond substituents is 1. The van der Waals surface area contributed by atoms with E-state index in [1.807, 2.05) is 18.2 Å². The van der Waals surface area contributed by atoms with Crippen molar-refractivity contribution in [1.29, 1.82) is 0 Å². The lowest BCUT2D eigenvalue weighted by Crippen LogP contribution is -2.32. The Morgan fingerprint density at radius 2 is 1.84 bits per heavy atom. The Kier molecular flexibility index (Phi) is 5.83. The summed E-state index contributed by atoms with van der Waals surface area (Å²) in [7, 11) is 0. The van der Waals surface area contributed by atoms with E-state index in [-0.39, 0.29) is 17.6 Å². The van der Waals surface area contributed by atoms with Gasteiger partial charge in [0.25, 0.3) is 0 Å². The molecule has 0 aliphatic heterocycles. The Morgan fingerprint density at radius 1 is 1.21 bits per heavy atom. The molecule has 0 amide bonds. The highest BCUT2D eigenvalue weighted by Gasteiger charge is 2.18. The number of rotatable bonds is 6. The molecule has 0 radical (unpaired) electrons. The molecule has 1 aromatic carbocycles. The molecule has 3 heteroatoms. The van der Waals surface area contributed by atoms with Gasteiger partial charge in [-0.1, -0.05) is 45.9 Å². The summed E-state index contributed by atoms with van der Waals surface area (Å²) in [5.74, 6) is 0.312. The van der Waals surface area contributed by atoms with Gasteiger partial charge in [0.1, 0.15) is 5.75 Å². The van der Waals surface area contributed by atoms with E-state index in [1.54, 1.807) is 6.07 Å². The van der Waals surface area contributed by atoms with Crippen molar-refractivity contribution in [3.8, 4) is 5.75 Å². The summed E-state index contributed by atoms with van der Waals surface area (Å²) in [5, 5.41) is 23.2. The molecule has 0 bridgehead atoms. The number of phenols is 1. The molecule has 0 fully saturated rings.